The van der Waals surface area contributed by atoms with E-state index in [1.165, 1.54) is 0 Å². The molecule has 5 heteroatoms. The number of alkyl halides is 1. The maximum absolute atomic E-state index is 12.7. The van der Waals surface area contributed by atoms with Crippen LogP contribution >= 0.6 is 0 Å². The molecule has 11 heavy (non-hydrogen) atoms. The summed E-state index contributed by atoms with van der Waals surface area (Å²) < 4.78 is 17.4. The summed E-state index contributed by atoms with van der Waals surface area (Å²) in [6.07, 6.45) is -2.20. The van der Waals surface area contributed by atoms with E-state index in [2.05, 4.69) is 4.74 Å². The minimum atomic E-state index is -2.25. The van der Waals surface area contributed by atoms with Crippen molar-refractivity contribution in [2.24, 2.45) is 0 Å². The summed E-state index contributed by atoms with van der Waals surface area (Å²) in [6, 6.07) is 0. The number of rotatable bonds is 2. The Morgan fingerprint density at radius 1 is 1.73 bits per heavy atom. The van der Waals surface area contributed by atoms with E-state index in [-0.39, 0.29) is 19.6 Å². The maximum Gasteiger partial charge on any atom is 0.341 e. The lowest BCUT2D eigenvalue weighted by Gasteiger charge is -2.20. The van der Waals surface area contributed by atoms with Crippen molar-refractivity contribution in [2.75, 3.05) is 13.2 Å². The summed E-state index contributed by atoms with van der Waals surface area (Å²) in [5.74, 6) is -1.64. The zero-order valence-corrected chi connectivity index (χ0v) is 5.79. The van der Waals surface area contributed by atoms with Crippen LogP contribution in [0.1, 0.15) is 6.42 Å². The molecule has 0 aromatic rings. The fourth-order valence-corrected chi connectivity index (χ4v) is 1.000. The summed E-state index contributed by atoms with van der Waals surface area (Å²) in [6.45, 7) is -0.0231. The Kier molecular flexibility index (Phi) is 2.10. The van der Waals surface area contributed by atoms with E-state index in [0.717, 1.165) is 0 Å². The molecular weight excluding hydrogens is 155 g/mol. The monoisotopic (exact) mass is 164 g/mol. The van der Waals surface area contributed by atoms with E-state index in [1.54, 1.807) is 0 Å². The fraction of sp³-hybridized carbons (Fsp3) is 0.833. The van der Waals surface area contributed by atoms with E-state index in [0.29, 0.717) is 0 Å². The van der Waals surface area contributed by atoms with Gasteiger partial charge in [0.25, 0.3) is 0 Å². The number of aliphatic carboxylic acids is 1. The highest BCUT2D eigenvalue weighted by Gasteiger charge is 2.45. The van der Waals surface area contributed by atoms with Crippen molar-refractivity contribution in [3.8, 4) is 0 Å². The van der Waals surface area contributed by atoms with Gasteiger partial charge in [0.1, 0.15) is 5.60 Å². The van der Waals surface area contributed by atoms with E-state index >= 15 is 0 Å². The number of carbonyl (C=O) groups is 1. The van der Waals surface area contributed by atoms with Crippen molar-refractivity contribution in [3.05, 3.63) is 0 Å². The summed E-state index contributed by atoms with van der Waals surface area (Å²) in [7, 11) is 0. The molecule has 1 fully saturated rings. The van der Waals surface area contributed by atoms with Gasteiger partial charge >= 0.3 is 5.97 Å². The molecule has 0 aliphatic carbocycles. The van der Waals surface area contributed by atoms with Gasteiger partial charge in [-0.15, -0.1) is 0 Å². The summed E-state index contributed by atoms with van der Waals surface area (Å²) in [5, 5.41) is 17.5. The van der Waals surface area contributed by atoms with E-state index < -0.39 is 17.7 Å². The molecule has 1 aliphatic rings. The van der Waals surface area contributed by atoms with Crippen molar-refractivity contribution in [1.29, 1.82) is 0 Å². The second-order valence-corrected chi connectivity index (χ2v) is 2.61. The van der Waals surface area contributed by atoms with Crippen LogP contribution in [0.15, 0.2) is 0 Å². The smallest absolute Gasteiger partial charge is 0.341 e. The van der Waals surface area contributed by atoms with Crippen molar-refractivity contribution in [3.63, 3.8) is 0 Å². The average Bonchev–Trinajstić information content (AvgIpc) is 2.35. The first-order valence-electron chi connectivity index (χ1n) is 3.23. The lowest BCUT2D eigenvalue weighted by molar-refractivity contribution is -0.154. The van der Waals surface area contributed by atoms with Crippen LogP contribution in [0.4, 0.5) is 4.39 Å². The van der Waals surface area contributed by atoms with Crippen LogP contribution in [0.2, 0.25) is 0 Å². The quantitative estimate of drug-likeness (QED) is 0.580. The Morgan fingerprint density at radius 3 is 2.73 bits per heavy atom. The zero-order chi connectivity index (χ0) is 8.48. The summed E-state index contributed by atoms with van der Waals surface area (Å²) >= 11 is 0. The highest BCUT2D eigenvalue weighted by molar-refractivity contribution is 5.73. The number of carboxylic acid groups (broad SMARTS) is 1. The van der Waals surface area contributed by atoms with Gasteiger partial charge in [-0.2, -0.15) is 0 Å². The number of carboxylic acids is 1. The van der Waals surface area contributed by atoms with Crippen molar-refractivity contribution in [2.45, 2.75) is 18.2 Å². The Balaban J connectivity index is 2.63. The molecule has 0 radical (unpaired) electrons. The second kappa shape index (κ2) is 2.75. The largest absolute Gasteiger partial charge is 0.479 e. The molecular formula is C6H9FO4. The third-order valence-corrected chi connectivity index (χ3v) is 1.72. The Morgan fingerprint density at radius 2 is 2.36 bits per heavy atom. The van der Waals surface area contributed by atoms with Crippen LogP contribution in [-0.4, -0.2) is 41.2 Å². The number of hydrogen-bond acceptors (Lipinski definition) is 3. The molecule has 2 N–H and O–H groups in total. The number of aliphatic hydroxyl groups is 1. The maximum atomic E-state index is 12.7. The highest BCUT2D eigenvalue weighted by Crippen LogP contribution is 2.24. The Bertz CT molecular complexity index is 164. The Hall–Kier alpha value is -0.680. The zero-order valence-electron chi connectivity index (χ0n) is 5.79. The molecule has 0 bridgehead atoms. The number of halogens is 1. The second-order valence-electron chi connectivity index (χ2n) is 2.61. The molecule has 0 amide bonds. The molecule has 64 valence electrons. The third-order valence-electron chi connectivity index (χ3n) is 1.72. The average molecular weight is 164 g/mol. The van der Waals surface area contributed by atoms with Crippen LogP contribution in [0.25, 0.3) is 0 Å². The SMILES string of the molecule is O=C(O)C(F)C1(O)CCOC1. The third kappa shape index (κ3) is 1.49. The molecule has 2 atom stereocenters. The predicted octanol–water partition coefficient (Wildman–Crippen LogP) is -0.440. The number of hydrogen-bond donors (Lipinski definition) is 2. The van der Waals surface area contributed by atoms with Gasteiger partial charge < -0.3 is 14.9 Å². The van der Waals surface area contributed by atoms with Gasteiger partial charge in [-0.25, -0.2) is 9.18 Å². The molecule has 2 unspecified atom stereocenters. The van der Waals surface area contributed by atoms with E-state index in [4.69, 9.17) is 5.11 Å². The first-order chi connectivity index (χ1) is 5.06. The van der Waals surface area contributed by atoms with Gasteiger partial charge in [0.2, 0.25) is 6.17 Å². The molecule has 0 aromatic carbocycles. The van der Waals surface area contributed by atoms with Gasteiger partial charge in [-0.3, -0.25) is 0 Å². The summed E-state index contributed by atoms with van der Waals surface area (Å²) in [4.78, 5) is 10.1. The molecule has 1 aliphatic heterocycles. The van der Waals surface area contributed by atoms with Crippen LogP contribution in [0, 0.1) is 0 Å². The molecule has 1 rings (SSSR count). The minimum Gasteiger partial charge on any atom is -0.479 e. The molecule has 1 saturated heterocycles. The van der Waals surface area contributed by atoms with E-state index in [9.17, 15) is 14.3 Å². The van der Waals surface area contributed by atoms with Gasteiger partial charge in [0.15, 0.2) is 0 Å². The topological polar surface area (TPSA) is 66.8 Å². The molecule has 0 saturated carbocycles. The molecule has 0 spiro atoms. The fourth-order valence-electron chi connectivity index (χ4n) is 1.000. The highest BCUT2D eigenvalue weighted by atomic mass is 19.1. The molecule has 1 heterocycles. The molecule has 4 nitrogen and oxygen atoms in total. The lowest BCUT2D eigenvalue weighted by atomic mass is 9.97. The first kappa shape index (κ1) is 8.42. The molecule has 0 aromatic heterocycles. The first-order valence-corrected chi connectivity index (χ1v) is 3.23. The van der Waals surface area contributed by atoms with Crippen molar-refractivity contribution in [1.82, 2.24) is 0 Å². The van der Waals surface area contributed by atoms with Gasteiger partial charge in [-0.05, 0) is 0 Å². The van der Waals surface area contributed by atoms with E-state index in [1.807, 2.05) is 0 Å². The van der Waals surface area contributed by atoms with Gasteiger partial charge in [0.05, 0.1) is 6.61 Å². The van der Waals surface area contributed by atoms with Crippen molar-refractivity contribution >= 4 is 5.97 Å². The van der Waals surface area contributed by atoms with Gasteiger partial charge in [-0.1, -0.05) is 0 Å². The summed E-state index contributed by atoms with van der Waals surface area (Å²) in [5.41, 5.74) is -1.81. The van der Waals surface area contributed by atoms with Crippen LogP contribution in [-0.2, 0) is 9.53 Å². The lowest BCUT2D eigenvalue weighted by Crippen LogP contribution is -2.44. The number of ether oxygens (including phenoxy) is 1. The Labute approximate surface area is 62.6 Å². The van der Waals surface area contributed by atoms with Crippen LogP contribution in [0.5, 0.6) is 0 Å². The minimum absolute atomic E-state index is 0.0421. The predicted molar refractivity (Wildman–Crippen MR) is 32.9 cm³/mol. The van der Waals surface area contributed by atoms with Crippen molar-refractivity contribution < 1.29 is 24.1 Å². The standard InChI is InChI=1S/C6H9FO4/c7-4(5(8)9)6(10)1-2-11-3-6/h4,10H,1-3H2,(H,8,9). The van der Waals surface area contributed by atoms with Crippen LogP contribution in [0.3, 0.4) is 0 Å². The van der Waals surface area contributed by atoms with Crippen LogP contribution < -0.4 is 0 Å². The van der Waals surface area contributed by atoms with Gasteiger partial charge in [0, 0.05) is 13.0 Å². The normalized spacial score (nSPS) is 33.6.